The summed E-state index contributed by atoms with van der Waals surface area (Å²) in [5.41, 5.74) is 9.76. The number of benzene rings is 1. The molecule has 2 N–H and O–H groups in total. The van der Waals surface area contributed by atoms with Crippen LogP contribution in [0.5, 0.6) is 0 Å². The molecule has 0 saturated heterocycles. The lowest BCUT2D eigenvalue weighted by molar-refractivity contribution is 0.615. The summed E-state index contributed by atoms with van der Waals surface area (Å²) in [4.78, 5) is 4.43. The molecule has 86 valence electrons. The average Bonchev–Trinajstić information content (AvgIpc) is 2.95. The van der Waals surface area contributed by atoms with Gasteiger partial charge in [-0.3, -0.25) is 4.99 Å². The van der Waals surface area contributed by atoms with Crippen LogP contribution in [0.15, 0.2) is 51.7 Å². The zero-order valence-corrected chi connectivity index (χ0v) is 9.68. The van der Waals surface area contributed by atoms with Crippen molar-refractivity contribution in [3.63, 3.8) is 0 Å². The first kappa shape index (κ1) is 10.1. The number of nitrogens with zero attached hydrogens (tertiary/aromatic N) is 1. The third kappa shape index (κ3) is 1.73. The summed E-state index contributed by atoms with van der Waals surface area (Å²) in [6.45, 7) is 2.76. The molecule has 1 aliphatic rings. The Bertz CT molecular complexity index is 622. The maximum absolute atomic E-state index is 5.74. The summed E-state index contributed by atoms with van der Waals surface area (Å²) in [7, 11) is 0. The Morgan fingerprint density at radius 1 is 1.35 bits per heavy atom. The number of allylic oxidation sites excluding steroid dienone is 1. The van der Waals surface area contributed by atoms with E-state index in [1.54, 1.807) is 6.26 Å². The quantitative estimate of drug-likeness (QED) is 0.856. The van der Waals surface area contributed by atoms with Gasteiger partial charge in [0.2, 0.25) is 0 Å². The second-order valence-corrected chi connectivity index (χ2v) is 4.40. The summed E-state index contributed by atoms with van der Waals surface area (Å²) in [6.07, 6.45) is 3.68. The van der Waals surface area contributed by atoms with E-state index >= 15 is 0 Å². The molecular weight excluding hydrogens is 212 g/mol. The lowest BCUT2D eigenvalue weighted by Gasteiger charge is -2.10. The first-order chi connectivity index (χ1) is 8.24. The van der Waals surface area contributed by atoms with Crippen LogP contribution in [0, 0.1) is 0 Å². The second-order valence-electron chi connectivity index (χ2n) is 4.40. The van der Waals surface area contributed by atoms with Crippen LogP contribution in [0.3, 0.4) is 0 Å². The molecule has 2 heterocycles. The maximum Gasteiger partial charge on any atom is 0.134 e. The predicted molar refractivity (Wildman–Crippen MR) is 69.2 cm³/mol. The highest BCUT2D eigenvalue weighted by molar-refractivity contribution is 6.02. The Hall–Kier alpha value is -2.03. The van der Waals surface area contributed by atoms with Gasteiger partial charge in [0.15, 0.2) is 0 Å². The fourth-order valence-corrected chi connectivity index (χ4v) is 2.14. The molecule has 1 unspecified atom stereocenters. The van der Waals surface area contributed by atoms with E-state index in [9.17, 15) is 0 Å². The summed E-state index contributed by atoms with van der Waals surface area (Å²) >= 11 is 0. The first-order valence-corrected chi connectivity index (χ1v) is 5.71. The summed E-state index contributed by atoms with van der Waals surface area (Å²) < 4.78 is 5.41. The monoisotopic (exact) mass is 226 g/mol. The fourth-order valence-electron chi connectivity index (χ4n) is 2.14. The molecule has 17 heavy (non-hydrogen) atoms. The van der Waals surface area contributed by atoms with Gasteiger partial charge in [0.05, 0.1) is 12.8 Å². The van der Waals surface area contributed by atoms with Gasteiger partial charge in [-0.15, -0.1) is 0 Å². The SMILES string of the molecule is CC(C1=NCC(N)=C1)c1ccc2ccoc2c1. The Morgan fingerprint density at radius 3 is 3.00 bits per heavy atom. The van der Waals surface area contributed by atoms with E-state index in [4.69, 9.17) is 10.2 Å². The first-order valence-electron chi connectivity index (χ1n) is 5.71. The number of nitrogens with two attached hydrogens (primary N) is 1. The number of aliphatic imine (C=N–C) groups is 1. The highest BCUT2D eigenvalue weighted by Crippen LogP contribution is 2.25. The minimum absolute atomic E-state index is 0.255. The molecule has 0 radical (unpaired) electrons. The molecule has 1 aromatic carbocycles. The van der Waals surface area contributed by atoms with Crippen molar-refractivity contribution in [3.8, 4) is 0 Å². The Morgan fingerprint density at radius 2 is 2.24 bits per heavy atom. The lowest BCUT2D eigenvalue weighted by Crippen LogP contribution is -2.05. The van der Waals surface area contributed by atoms with Gasteiger partial charge in [-0.1, -0.05) is 19.1 Å². The molecule has 0 spiro atoms. The third-order valence-electron chi connectivity index (χ3n) is 3.20. The number of hydrogen-bond acceptors (Lipinski definition) is 3. The fraction of sp³-hybridized carbons (Fsp3) is 0.214. The third-order valence-corrected chi connectivity index (χ3v) is 3.20. The largest absolute Gasteiger partial charge is 0.464 e. The number of fused-ring (bicyclic) bond motifs is 1. The van der Waals surface area contributed by atoms with Gasteiger partial charge < -0.3 is 10.2 Å². The van der Waals surface area contributed by atoms with Crippen molar-refractivity contribution < 1.29 is 4.42 Å². The van der Waals surface area contributed by atoms with Crippen LogP contribution in [0.2, 0.25) is 0 Å². The van der Waals surface area contributed by atoms with Crippen LogP contribution in [0.25, 0.3) is 11.0 Å². The Kier molecular flexibility index (Phi) is 2.25. The molecule has 0 amide bonds. The molecule has 3 rings (SSSR count). The highest BCUT2D eigenvalue weighted by atomic mass is 16.3. The van der Waals surface area contributed by atoms with E-state index < -0.39 is 0 Å². The van der Waals surface area contributed by atoms with Crippen LogP contribution in [0.4, 0.5) is 0 Å². The molecule has 1 atom stereocenters. The minimum atomic E-state index is 0.255. The van der Waals surface area contributed by atoms with Gasteiger partial charge in [-0.2, -0.15) is 0 Å². The van der Waals surface area contributed by atoms with Crippen molar-refractivity contribution in [1.29, 1.82) is 0 Å². The number of furan rings is 1. The van der Waals surface area contributed by atoms with Crippen molar-refractivity contribution in [1.82, 2.24) is 0 Å². The molecule has 3 nitrogen and oxygen atoms in total. The zero-order chi connectivity index (χ0) is 11.8. The van der Waals surface area contributed by atoms with Crippen LogP contribution in [-0.2, 0) is 0 Å². The lowest BCUT2D eigenvalue weighted by atomic mass is 9.95. The molecular formula is C14H14N2O. The van der Waals surface area contributed by atoms with E-state index in [0.29, 0.717) is 6.54 Å². The zero-order valence-electron chi connectivity index (χ0n) is 9.68. The van der Waals surface area contributed by atoms with E-state index in [1.807, 2.05) is 12.1 Å². The Labute approximate surface area is 99.6 Å². The van der Waals surface area contributed by atoms with E-state index in [2.05, 4.69) is 30.1 Å². The second kappa shape index (κ2) is 3.77. The average molecular weight is 226 g/mol. The van der Waals surface area contributed by atoms with E-state index in [-0.39, 0.29) is 5.92 Å². The summed E-state index contributed by atoms with van der Waals surface area (Å²) in [5.74, 6) is 0.255. The summed E-state index contributed by atoms with van der Waals surface area (Å²) in [6, 6.07) is 8.24. The molecule has 0 fully saturated rings. The molecule has 1 aromatic heterocycles. The van der Waals surface area contributed by atoms with Crippen molar-refractivity contribution in [2.75, 3.05) is 6.54 Å². The predicted octanol–water partition coefficient (Wildman–Crippen LogP) is 2.83. The van der Waals surface area contributed by atoms with Crippen LogP contribution >= 0.6 is 0 Å². The van der Waals surface area contributed by atoms with Crippen molar-refractivity contribution in [2.24, 2.45) is 10.7 Å². The maximum atomic E-state index is 5.74. The molecule has 1 aliphatic heterocycles. The normalized spacial score (nSPS) is 17.0. The van der Waals surface area contributed by atoms with Crippen molar-refractivity contribution in [2.45, 2.75) is 12.8 Å². The number of hydrogen-bond donors (Lipinski definition) is 1. The van der Waals surface area contributed by atoms with Crippen LogP contribution in [-0.4, -0.2) is 12.3 Å². The molecule has 0 saturated carbocycles. The van der Waals surface area contributed by atoms with Gasteiger partial charge in [-0.05, 0) is 23.8 Å². The molecule has 0 aliphatic carbocycles. The molecule has 2 aromatic rings. The topological polar surface area (TPSA) is 51.5 Å². The van der Waals surface area contributed by atoms with Gasteiger partial charge in [0, 0.05) is 22.7 Å². The van der Waals surface area contributed by atoms with Gasteiger partial charge in [0.25, 0.3) is 0 Å². The van der Waals surface area contributed by atoms with Crippen LogP contribution in [0.1, 0.15) is 18.4 Å². The van der Waals surface area contributed by atoms with Crippen molar-refractivity contribution in [3.05, 3.63) is 47.9 Å². The molecule has 0 bridgehead atoms. The van der Waals surface area contributed by atoms with E-state index in [1.165, 1.54) is 5.56 Å². The van der Waals surface area contributed by atoms with Crippen LogP contribution < -0.4 is 5.73 Å². The highest BCUT2D eigenvalue weighted by Gasteiger charge is 2.15. The molecule has 3 heteroatoms. The Balaban J connectivity index is 1.98. The van der Waals surface area contributed by atoms with Gasteiger partial charge >= 0.3 is 0 Å². The summed E-state index contributed by atoms with van der Waals surface area (Å²) in [5, 5.41) is 1.13. The standard InChI is InChI=1S/C14H14N2O/c1-9(13-7-12(15)8-16-13)11-3-2-10-4-5-17-14(10)6-11/h2-7,9H,8,15H2,1H3. The van der Waals surface area contributed by atoms with E-state index in [0.717, 1.165) is 22.4 Å². The minimum Gasteiger partial charge on any atom is -0.464 e. The van der Waals surface area contributed by atoms with Crippen molar-refractivity contribution >= 4 is 16.7 Å². The number of rotatable bonds is 2. The van der Waals surface area contributed by atoms with Gasteiger partial charge in [0.1, 0.15) is 5.58 Å². The van der Waals surface area contributed by atoms with Gasteiger partial charge in [-0.25, -0.2) is 0 Å². The smallest absolute Gasteiger partial charge is 0.134 e.